The first-order valence-electron chi connectivity index (χ1n) is 6.30. The molecule has 0 atom stereocenters. The van der Waals surface area contributed by atoms with Crippen LogP contribution in [0.1, 0.15) is 5.56 Å². The Kier molecular flexibility index (Phi) is 3.62. The van der Waals surface area contributed by atoms with E-state index in [0.717, 1.165) is 24.2 Å². The van der Waals surface area contributed by atoms with E-state index in [1.165, 1.54) is 18.2 Å². The maximum Gasteiger partial charge on any atom is 0.262 e. The van der Waals surface area contributed by atoms with Crippen LogP contribution in [0.4, 0.5) is 15.8 Å². The van der Waals surface area contributed by atoms with Crippen molar-refractivity contribution >= 4 is 37.3 Å². The number of hydrogen-bond acceptors (Lipinski definition) is 3. The third kappa shape index (κ3) is 2.89. The normalized spacial score (nSPS) is 13.6. The van der Waals surface area contributed by atoms with Crippen LogP contribution < -0.4 is 10.0 Å². The lowest BCUT2D eigenvalue weighted by Crippen LogP contribution is -2.14. The smallest absolute Gasteiger partial charge is 0.262 e. The summed E-state index contributed by atoms with van der Waals surface area (Å²) in [7, 11) is -3.82. The van der Waals surface area contributed by atoms with Gasteiger partial charge in [0.1, 0.15) is 5.82 Å². The van der Waals surface area contributed by atoms with E-state index in [0.29, 0.717) is 4.47 Å². The highest BCUT2D eigenvalue weighted by molar-refractivity contribution is 9.10. The summed E-state index contributed by atoms with van der Waals surface area (Å²) < 4.78 is 41.2. The molecule has 0 aromatic heterocycles. The van der Waals surface area contributed by atoms with Crippen molar-refractivity contribution in [2.45, 2.75) is 11.3 Å². The van der Waals surface area contributed by atoms with E-state index in [-0.39, 0.29) is 10.6 Å². The first-order valence-corrected chi connectivity index (χ1v) is 8.58. The number of fused-ring (bicyclic) bond motifs is 1. The number of halogens is 2. The molecule has 2 aromatic rings. The van der Waals surface area contributed by atoms with Crippen molar-refractivity contribution in [1.82, 2.24) is 0 Å². The van der Waals surface area contributed by atoms with Gasteiger partial charge in [-0.05, 0) is 42.3 Å². The van der Waals surface area contributed by atoms with E-state index in [2.05, 4.69) is 26.0 Å². The van der Waals surface area contributed by atoms with Crippen LogP contribution in [0, 0.1) is 5.82 Å². The molecule has 0 unspecified atom stereocenters. The fourth-order valence-electron chi connectivity index (χ4n) is 2.21. The van der Waals surface area contributed by atoms with Crippen molar-refractivity contribution in [3.05, 3.63) is 52.3 Å². The number of hydrogen-bond donors (Lipinski definition) is 2. The molecule has 2 N–H and O–H groups in total. The highest BCUT2D eigenvalue weighted by Crippen LogP contribution is 2.27. The SMILES string of the molecule is O=S(=O)(Nc1ccc(Br)cc1F)c1ccc2c(c1)NCC2. The van der Waals surface area contributed by atoms with Gasteiger partial charge in [-0.3, -0.25) is 4.72 Å². The molecule has 2 aromatic carbocycles. The Morgan fingerprint density at radius 1 is 1.19 bits per heavy atom. The molecule has 0 fully saturated rings. The minimum absolute atomic E-state index is 0.0772. The average Bonchev–Trinajstić information content (AvgIpc) is 2.89. The van der Waals surface area contributed by atoms with Crippen molar-refractivity contribution < 1.29 is 12.8 Å². The highest BCUT2D eigenvalue weighted by Gasteiger charge is 2.19. The lowest BCUT2D eigenvalue weighted by molar-refractivity contribution is 0.598. The summed E-state index contributed by atoms with van der Waals surface area (Å²) in [5, 5.41) is 3.12. The fourth-order valence-corrected chi connectivity index (χ4v) is 3.64. The van der Waals surface area contributed by atoms with E-state index >= 15 is 0 Å². The highest BCUT2D eigenvalue weighted by atomic mass is 79.9. The topological polar surface area (TPSA) is 58.2 Å². The third-order valence-electron chi connectivity index (χ3n) is 3.28. The van der Waals surface area contributed by atoms with Crippen LogP contribution in [0.25, 0.3) is 0 Å². The van der Waals surface area contributed by atoms with Crippen LogP contribution in [-0.4, -0.2) is 15.0 Å². The standard InChI is InChI=1S/C14H12BrFN2O2S/c15-10-2-4-13(12(16)7-10)18-21(19,20)11-3-1-9-5-6-17-14(9)8-11/h1-4,7-8,17-18H,5-6H2. The van der Waals surface area contributed by atoms with Gasteiger partial charge in [0.25, 0.3) is 10.0 Å². The van der Waals surface area contributed by atoms with Crippen LogP contribution in [0.5, 0.6) is 0 Å². The summed E-state index contributed by atoms with van der Waals surface area (Å²) in [4.78, 5) is 0.109. The predicted octanol–water partition coefficient (Wildman–Crippen LogP) is 3.36. The van der Waals surface area contributed by atoms with E-state index in [4.69, 9.17) is 0 Å². The molecule has 0 saturated heterocycles. The Morgan fingerprint density at radius 2 is 2.00 bits per heavy atom. The quantitative estimate of drug-likeness (QED) is 0.870. The second-order valence-corrected chi connectivity index (χ2v) is 7.32. The zero-order valence-electron chi connectivity index (χ0n) is 10.9. The maximum atomic E-state index is 13.7. The minimum atomic E-state index is -3.82. The van der Waals surface area contributed by atoms with Crippen LogP contribution in [-0.2, 0) is 16.4 Å². The van der Waals surface area contributed by atoms with Crippen molar-refractivity contribution in [3.63, 3.8) is 0 Å². The van der Waals surface area contributed by atoms with Crippen molar-refractivity contribution in [3.8, 4) is 0 Å². The molecule has 0 radical (unpaired) electrons. The van der Waals surface area contributed by atoms with E-state index in [1.54, 1.807) is 18.2 Å². The zero-order valence-corrected chi connectivity index (χ0v) is 13.3. The molecule has 1 aliphatic rings. The molecule has 0 spiro atoms. The molecule has 1 aliphatic heterocycles. The van der Waals surface area contributed by atoms with E-state index in [9.17, 15) is 12.8 Å². The number of benzene rings is 2. The summed E-state index contributed by atoms with van der Waals surface area (Å²) in [6.45, 7) is 0.799. The molecule has 0 bridgehead atoms. The zero-order chi connectivity index (χ0) is 15.0. The van der Waals surface area contributed by atoms with Crippen LogP contribution >= 0.6 is 15.9 Å². The molecule has 0 saturated carbocycles. The van der Waals surface area contributed by atoms with Crippen molar-refractivity contribution in [1.29, 1.82) is 0 Å². The van der Waals surface area contributed by atoms with E-state index < -0.39 is 15.8 Å². The lowest BCUT2D eigenvalue weighted by atomic mass is 10.2. The molecule has 0 aliphatic carbocycles. The second kappa shape index (κ2) is 5.31. The third-order valence-corrected chi connectivity index (χ3v) is 5.13. The summed E-state index contributed by atoms with van der Waals surface area (Å²) in [6, 6.07) is 9.05. The van der Waals surface area contributed by atoms with Gasteiger partial charge in [-0.1, -0.05) is 22.0 Å². The predicted molar refractivity (Wildman–Crippen MR) is 83.5 cm³/mol. The van der Waals surface area contributed by atoms with Gasteiger partial charge in [0.2, 0.25) is 0 Å². The Morgan fingerprint density at radius 3 is 2.76 bits per heavy atom. The molecular formula is C14H12BrFN2O2S. The van der Waals surface area contributed by atoms with E-state index in [1.807, 2.05) is 0 Å². The van der Waals surface area contributed by atoms with Gasteiger partial charge in [0, 0.05) is 16.7 Å². The Bertz CT molecular complexity index is 809. The van der Waals surface area contributed by atoms with Crippen molar-refractivity contribution in [2.75, 3.05) is 16.6 Å². The van der Waals surface area contributed by atoms with Crippen molar-refractivity contribution in [2.24, 2.45) is 0 Å². The number of nitrogens with one attached hydrogen (secondary N) is 2. The first kappa shape index (κ1) is 14.3. The van der Waals surface area contributed by atoms with Gasteiger partial charge >= 0.3 is 0 Å². The first-order chi connectivity index (χ1) is 9.95. The lowest BCUT2D eigenvalue weighted by Gasteiger charge is -2.10. The minimum Gasteiger partial charge on any atom is -0.384 e. The number of sulfonamides is 1. The molecule has 0 amide bonds. The van der Waals surface area contributed by atoms with Gasteiger partial charge in [0.05, 0.1) is 10.6 Å². The van der Waals surface area contributed by atoms with Gasteiger partial charge < -0.3 is 5.32 Å². The Balaban J connectivity index is 1.93. The molecule has 21 heavy (non-hydrogen) atoms. The Labute approximate surface area is 130 Å². The van der Waals surface area contributed by atoms with Crippen LogP contribution in [0.2, 0.25) is 0 Å². The average molecular weight is 371 g/mol. The van der Waals surface area contributed by atoms with Gasteiger partial charge in [-0.15, -0.1) is 0 Å². The molecular weight excluding hydrogens is 359 g/mol. The summed E-state index contributed by atoms with van der Waals surface area (Å²) >= 11 is 3.13. The second-order valence-electron chi connectivity index (χ2n) is 4.73. The van der Waals surface area contributed by atoms with Gasteiger partial charge in [0.15, 0.2) is 0 Å². The fraction of sp³-hybridized carbons (Fsp3) is 0.143. The van der Waals surface area contributed by atoms with Crippen LogP contribution in [0.15, 0.2) is 45.8 Å². The molecule has 1 heterocycles. The molecule has 7 heteroatoms. The largest absolute Gasteiger partial charge is 0.384 e. The monoisotopic (exact) mass is 370 g/mol. The van der Waals surface area contributed by atoms with Gasteiger partial charge in [-0.25, -0.2) is 12.8 Å². The number of anilines is 2. The molecule has 3 rings (SSSR count). The molecule has 110 valence electrons. The summed E-state index contributed by atoms with van der Waals surface area (Å²) in [6.07, 6.45) is 0.879. The molecule has 4 nitrogen and oxygen atoms in total. The maximum absolute atomic E-state index is 13.7. The van der Waals surface area contributed by atoms with Gasteiger partial charge in [-0.2, -0.15) is 0 Å². The number of rotatable bonds is 3. The summed E-state index contributed by atoms with van der Waals surface area (Å²) in [5.74, 6) is -0.632. The van der Waals surface area contributed by atoms with Crippen LogP contribution in [0.3, 0.4) is 0 Å². The summed E-state index contributed by atoms with van der Waals surface area (Å²) in [5.41, 5.74) is 1.82. The Hall–Kier alpha value is -1.60.